The smallest absolute Gasteiger partial charge is 0.0593 e. The molecule has 2 nitrogen and oxygen atoms in total. The molecule has 1 atom stereocenters. The van der Waals surface area contributed by atoms with E-state index in [0.717, 1.165) is 31.1 Å². The van der Waals surface area contributed by atoms with Crippen molar-refractivity contribution < 1.29 is 4.74 Å². The molecule has 1 unspecified atom stereocenters. The molecule has 0 spiro atoms. The topological polar surface area (TPSA) is 12.5 Å². The van der Waals surface area contributed by atoms with Gasteiger partial charge in [-0.25, -0.2) is 0 Å². The van der Waals surface area contributed by atoms with Gasteiger partial charge in [0.15, 0.2) is 0 Å². The van der Waals surface area contributed by atoms with Crippen molar-refractivity contribution in [2.75, 3.05) is 31.6 Å². The van der Waals surface area contributed by atoms with E-state index in [2.05, 4.69) is 27.8 Å². The van der Waals surface area contributed by atoms with Crippen LogP contribution in [0, 0.1) is 0 Å². The Hall–Kier alpha value is 0.400. The molecule has 0 saturated carbocycles. The standard InChI is InChI=1S/C13H26BrNO/c1-2-3-11-16-12-10-15-9-5-4-6-13(15)7-8-14/h13H,2-12H2,1H3. The minimum absolute atomic E-state index is 0.794. The van der Waals surface area contributed by atoms with Crippen LogP contribution < -0.4 is 0 Å². The minimum atomic E-state index is 0.794. The molecular formula is C13H26BrNO. The first-order chi connectivity index (χ1) is 7.88. The Morgan fingerprint density at radius 1 is 1.31 bits per heavy atom. The van der Waals surface area contributed by atoms with E-state index in [1.165, 1.54) is 45.1 Å². The monoisotopic (exact) mass is 291 g/mol. The highest BCUT2D eigenvalue weighted by Crippen LogP contribution is 2.19. The first-order valence-corrected chi connectivity index (χ1v) is 7.88. The van der Waals surface area contributed by atoms with E-state index in [-0.39, 0.29) is 0 Å². The number of piperidine rings is 1. The summed E-state index contributed by atoms with van der Waals surface area (Å²) < 4.78 is 5.65. The zero-order valence-corrected chi connectivity index (χ0v) is 12.2. The van der Waals surface area contributed by atoms with Gasteiger partial charge in [-0.15, -0.1) is 0 Å². The highest BCUT2D eigenvalue weighted by Gasteiger charge is 2.20. The van der Waals surface area contributed by atoms with Crippen molar-refractivity contribution in [3.63, 3.8) is 0 Å². The normalized spacial score (nSPS) is 22.5. The van der Waals surface area contributed by atoms with Crippen LogP contribution in [-0.4, -0.2) is 42.6 Å². The van der Waals surface area contributed by atoms with Gasteiger partial charge in [0.05, 0.1) is 6.61 Å². The van der Waals surface area contributed by atoms with E-state index in [4.69, 9.17) is 4.74 Å². The lowest BCUT2D eigenvalue weighted by Gasteiger charge is -2.35. The molecule has 1 rings (SSSR count). The van der Waals surface area contributed by atoms with Crippen LogP contribution in [-0.2, 0) is 4.74 Å². The van der Waals surface area contributed by atoms with Crippen molar-refractivity contribution >= 4 is 15.9 Å². The third-order valence-electron chi connectivity index (χ3n) is 3.36. The summed E-state index contributed by atoms with van der Waals surface area (Å²) >= 11 is 3.56. The number of alkyl halides is 1. The van der Waals surface area contributed by atoms with E-state index in [9.17, 15) is 0 Å². The highest BCUT2D eigenvalue weighted by atomic mass is 79.9. The second kappa shape index (κ2) is 9.43. The van der Waals surface area contributed by atoms with Crippen molar-refractivity contribution in [3.8, 4) is 0 Å². The van der Waals surface area contributed by atoms with E-state index in [1.54, 1.807) is 0 Å². The average Bonchev–Trinajstić information content (AvgIpc) is 2.31. The third kappa shape index (κ3) is 5.65. The molecule has 3 heteroatoms. The van der Waals surface area contributed by atoms with Gasteiger partial charge in [-0.2, -0.15) is 0 Å². The molecule has 0 aliphatic carbocycles. The quantitative estimate of drug-likeness (QED) is 0.502. The Balaban J connectivity index is 2.11. The van der Waals surface area contributed by atoms with Gasteiger partial charge in [-0.1, -0.05) is 35.7 Å². The van der Waals surface area contributed by atoms with E-state index < -0.39 is 0 Å². The van der Waals surface area contributed by atoms with Gasteiger partial charge in [-0.05, 0) is 32.2 Å². The summed E-state index contributed by atoms with van der Waals surface area (Å²) in [6.45, 7) is 6.46. The number of likely N-dealkylation sites (tertiary alicyclic amines) is 1. The Morgan fingerprint density at radius 3 is 2.94 bits per heavy atom. The van der Waals surface area contributed by atoms with Gasteiger partial charge in [-0.3, -0.25) is 4.90 Å². The summed E-state index contributed by atoms with van der Waals surface area (Å²) in [5.41, 5.74) is 0. The predicted molar refractivity (Wildman–Crippen MR) is 73.4 cm³/mol. The van der Waals surface area contributed by atoms with Crippen LogP contribution in [0.4, 0.5) is 0 Å². The second-order valence-electron chi connectivity index (χ2n) is 4.63. The summed E-state index contributed by atoms with van der Waals surface area (Å²) in [5, 5.41) is 1.13. The SMILES string of the molecule is CCCCOCCN1CCCCC1CCBr. The van der Waals surface area contributed by atoms with E-state index in [0.29, 0.717) is 0 Å². The van der Waals surface area contributed by atoms with E-state index >= 15 is 0 Å². The number of halogens is 1. The molecule has 96 valence electrons. The summed E-state index contributed by atoms with van der Waals surface area (Å²) in [7, 11) is 0. The lowest BCUT2D eigenvalue weighted by atomic mass is 10.0. The second-order valence-corrected chi connectivity index (χ2v) is 5.42. The Labute approximate surface area is 109 Å². The molecular weight excluding hydrogens is 266 g/mol. The van der Waals surface area contributed by atoms with Crippen LogP contribution in [0.15, 0.2) is 0 Å². The number of ether oxygens (including phenoxy) is 1. The summed E-state index contributed by atoms with van der Waals surface area (Å²) in [6.07, 6.45) is 7.87. The van der Waals surface area contributed by atoms with Gasteiger partial charge >= 0.3 is 0 Å². The number of unbranched alkanes of at least 4 members (excludes halogenated alkanes) is 1. The zero-order chi connectivity index (χ0) is 11.6. The Morgan fingerprint density at radius 2 is 2.19 bits per heavy atom. The fourth-order valence-electron chi connectivity index (χ4n) is 2.34. The van der Waals surface area contributed by atoms with Crippen molar-refractivity contribution in [2.24, 2.45) is 0 Å². The summed E-state index contributed by atoms with van der Waals surface area (Å²) in [5.74, 6) is 0. The molecule has 0 N–H and O–H groups in total. The predicted octanol–water partition coefficient (Wildman–Crippen LogP) is 3.44. The van der Waals surface area contributed by atoms with Crippen LogP contribution in [0.1, 0.15) is 45.4 Å². The fraction of sp³-hybridized carbons (Fsp3) is 1.00. The van der Waals surface area contributed by atoms with Crippen molar-refractivity contribution in [3.05, 3.63) is 0 Å². The third-order valence-corrected chi connectivity index (χ3v) is 3.81. The lowest BCUT2D eigenvalue weighted by molar-refractivity contribution is 0.0697. The van der Waals surface area contributed by atoms with Gasteiger partial charge in [0.2, 0.25) is 0 Å². The molecule has 0 aromatic rings. The van der Waals surface area contributed by atoms with Gasteiger partial charge in [0, 0.05) is 24.5 Å². The molecule has 1 aliphatic rings. The van der Waals surface area contributed by atoms with Crippen LogP contribution in [0.25, 0.3) is 0 Å². The summed E-state index contributed by atoms with van der Waals surface area (Å²) in [4.78, 5) is 2.62. The molecule has 1 heterocycles. The van der Waals surface area contributed by atoms with Crippen LogP contribution in [0.5, 0.6) is 0 Å². The molecule has 0 bridgehead atoms. The Bertz CT molecular complexity index is 164. The van der Waals surface area contributed by atoms with Crippen LogP contribution >= 0.6 is 15.9 Å². The maximum atomic E-state index is 5.65. The molecule has 0 amide bonds. The highest BCUT2D eigenvalue weighted by molar-refractivity contribution is 9.09. The largest absolute Gasteiger partial charge is 0.380 e. The first-order valence-electron chi connectivity index (χ1n) is 6.76. The fourth-order valence-corrected chi connectivity index (χ4v) is 2.87. The Kier molecular flexibility index (Phi) is 8.52. The molecule has 0 radical (unpaired) electrons. The number of hydrogen-bond acceptors (Lipinski definition) is 2. The number of nitrogens with zero attached hydrogens (tertiary/aromatic N) is 1. The molecule has 1 saturated heterocycles. The van der Waals surface area contributed by atoms with Crippen molar-refractivity contribution in [1.29, 1.82) is 0 Å². The number of rotatable bonds is 8. The summed E-state index contributed by atoms with van der Waals surface area (Å²) in [6, 6.07) is 0.794. The van der Waals surface area contributed by atoms with Gasteiger partial charge < -0.3 is 4.74 Å². The van der Waals surface area contributed by atoms with Crippen LogP contribution in [0.3, 0.4) is 0 Å². The lowest BCUT2D eigenvalue weighted by Crippen LogP contribution is -2.41. The van der Waals surface area contributed by atoms with Crippen LogP contribution in [0.2, 0.25) is 0 Å². The maximum absolute atomic E-state index is 5.65. The zero-order valence-electron chi connectivity index (χ0n) is 10.6. The number of hydrogen-bond donors (Lipinski definition) is 0. The average molecular weight is 292 g/mol. The van der Waals surface area contributed by atoms with E-state index in [1.807, 2.05) is 0 Å². The van der Waals surface area contributed by atoms with Gasteiger partial charge in [0.1, 0.15) is 0 Å². The van der Waals surface area contributed by atoms with Crippen molar-refractivity contribution in [1.82, 2.24) is 4.90 Å². The molecule has 0 aromatic carbocycles. The molecule has 16 heavy (non-hydrogen) atoms. The molecule has 1 aliphatic heterocycles. The molecule has 1 fully saturated rings. The van der Waals surface area contributed by atoms with Crippen molar-refractivity contribution in [2.45, 2.75) is 51.5 Å². The minimum Gasteiger partial charge on any atom is -0.380 e. The van der Waals surface area contributed by atoms with Gasteiger partial charge in [0.25, 0.3) is 0 Å². The first kappa shape index (κ1) is 14.5. The molecule has 0 aromatic heterocycles. The maximum Gasteiger partial charge on any atom is 0.0593 e.